The topological polar surface area (TPSA) is 19.0 Å². The third-order valence-corrected chi connectivity index (χ3v) is 5.66. The lowest BCUT2D eigenvalue weighted by atomic mass is 9.85. The van der Waals surface area contributed by atoms with Gasteiger partial charge in [-0.25, -0.2) is 0 Å². The Kier molecular flexibility index (Phi) is 3.50. The number of fused-ring (bicyclic) bond motifs is 5. The minimum Gasteiger partial charge on any atom is -0.358 e. The lowest BCUT2D eigenvalue weighted by Crippen LogP contribution is -2.41. The number of hydrogen-bond acceptors (Lipinski definition) is 1. The van der Waals surface area contributed by atoms with Crippen LogP contribution in [0.25, 0.3) is 10.9 Å². The predicted molar refractivity (Wildman–Crippen MR) is 88.7 cm³/mol. The van der Waals surface area contributed by atoms with Crippen LogP contribution in [0.1, 0.15) is 37.4 Å². The molecule has 2 aliphatic heterocycles. The van der Waals surface area contributed by atoms with Gasteiger partial charge in [0.25, 0.3) is 0 Å². The molecule has 2 aliphatic rings. The molecule has 2 bridgehead atoms. The number of aryl methyl sites for hydroxylation is 1. The van der Waals surface area contributed by atoms with E-state index in [4.69, 9.17) is 0 Å². The number of hydrogen-bond donors (Lipinski definition) is 1. The summed E-state index contributed by atoms with van der Waals surface area (Å²) in [5.74, 6) is 1.83. The first kappa shape index (κ1) is 13.4. The van der Waals surface area contributed by atoms with Crippen LogP contribution in [0.3, 0.4) is 0 Å². The summed E-state index contributed by atoms with van der Waals surface area (Å²) in [6, 6.07) is 8.83. The average molecular weight is 282 g/mol. The van der Waals surface area contributed by atoms with Crippen LogP contribution in [-0.2, 0) is 12.8 Å². The third-order valence-electron chi connectivity index (χ3n) is 5.66. The maximum absolute atomic E-state index is 3.70. The largest absolute Gasteiger partial charge is 0.358 e. The van der Waals surface area contributed by atoms with Crippen LogP contribution in [0.5, 0.6) is 0 Å². The molecule has 1 aromatic heterocycles. The molecular weight excluding hydrogens is 256 g/mol. The SMILES string of the molecule is CC[C@H]1C[C@@H]2CCc3[nH]c4ccccc4c3CCN(C1)C2. The highest BCUT2D eigenvalue weighted by Crippen LogP contribution is 2.32. The molecule has 0 saturated carbocycles. The first-order chi connectivity index (χ1) is 10.3. The Bertz CT molecular complexity index is 628. The van der Waals surface area contributed by atoms with E-state index >= 15 is 0 Å². The molecule has 3 heterocycles. The van der Waals surface area contributed by atoms with Gasteiger partial charge in [-0.3, -0.25) is 0 Å². The van der Waals surface area contributed by atoms with Crippen molar-refractivity contribution in [3.63, 3.8) is 0 Å². The molecule has 0 amide bonds. The van der Waals surface area contributed by atoms with Gasteiger partial charge in [-0.1, -0.05) is 31.5 Å². The van der Waals surface area contributed by atoms with E-state index in [0.717, 1.165) is 11.8 Å². The number of nitrogens with one attached hydrogen (secondary N) is 1. The zero-order chi connectivity index (χ0) is 14.2. The van der Waals surface area contributed by atoms with Crippen molar-refractivity contribution in [1.82, 2.24) is 9.88 Å². The average Bonchev–Trinajstić information content (AvgIpc) is 2.89. The van der Waals surface area contributed by atoms with Gasteiger partial charge in [0.05, 0.1) is 0 Å². The first-order valence-corrected chi connectivity index (χ1v) is 8.64. The molecule has 112 valence electrons. The van der Waals surface area contributed by atoms with Crippen LogP contribution in [0.2, 0.25) is 0 Å². The summed E-state index contributed by atoms with van der Waals surface area (Å²) in [5, 5.41) is 1.46. The van der Waals surface area contributed by atoms with Crippen molar-refractivity contribution in [3.8, 4) is 0 Å². The van der Waals surface area contributed by atoms with E-state index in [9.17, 15) is 0 Å². The molecule has 1 fully saturated rings. The van der Waals surface area contributed by atoms with Gasteiger partial charge >= 0.3 is 0 Å². The third kappa shape index (κ3) is 2.50. The number of piperidine rings is 1. The van der Waals surface area contributed by atoms with E-state index in [1.165, 1.54) is 68.3 Å². The van der Waals surface area contributed by atoms with E-state index in [2.05, 4.69) is 41.1 Å². The predicted octanol–water partition coefficient (Wildman–Crippen LogP) is 4.00. The maximum Gasteiger partial charge on any atom is 0.0458 e. The molecular formula is C19H26N2. The van der Waals surface area contributed by atoms with Crippen molar-refractivity contribution in [2.24, 2.45) is 11.8 Å². The summed E-state index contributed by atoms with van der Waals surface area (Å²) in [6.45, 7) is 6.26. The summed E-state index contributed by atoms with van der Waals surface area (Å²) < 4.78 is 0. The van der Waals surface area contributed by atoms with E-state index in [1.807, 2.05) is 0 Å². The fourth-order valence-corrected chi connectivity index (χ4v) is 4.49. The van der Waals surface area contributed by atoms with Crippen molar-refractivity contribution in [3.05, 3.63) is 35.5 Å². The van der Waals surface area contributed by atoms with Gasteiger partial charge in [-0.2, -0.15) is 0 Å². The molecule has 1 unspecified atom stereocenters. The molecule has 4 rings (SSSR count). The Hall–Kier alpha value is -1.28. The van der Waals surface area contributed by atoms with Crippen molar-refractivity contribution >= 4 is 10.9 Å². The molecule has 1 aromatic carbocycles. The van der Waals surface area contributed by atoms with Gasteiger partial charge in [0, 0.05) is 36.2 Å². The van der Waals surface area contributed by atoms with Crippen LogP contribution >= 0.6 is 0 Å². The molecule has 2 aromatic rings. The van der Waals surface area contributed by atoms with Gasteiger partial charge in [0.15, 0.2) is 0 Å². The second-order valence-corrected chi connectivity index (χ2v) is 7.05. The Morgan fingerprint density at radius 1 is 1.19 bits per heavy atom. The molecule has 3 atom stereocenters. The van der Waals surface area contributed by atoms with Crippen molar-refractivity contribution in [2.75, 3.05) is 19.6 Å². The highest BCUT2D eigenvalue weighted by molar-refractivity contribution is 5.84. The van der Waals surface area contributed by atoms with Gasteiger partial charge in [0.1, 0.15) is 0 Å². The number of H-pyrrole nitrogens is 1. The number of benzene rings is 1. The van der Waals surface area contributed by atoms with Crippen molar-refractivity contribution < 1.29 is 0 Å². The molecule has 21 heavy (non-hydrogen) atoms. The highest BCUT2D eigenvalue weighted by Gasteiger charge is 2.28. The Morgan fingerprint density at radius 3 is 3.00 bits per heavy atom. The highest BCUT2D eigenvalue weighted by atomic mass is 15.1. The summed E-state index contributed by atoms with van der Waals surface area (Å²) in [5.41, 5.74) is 4.43. The first-order valence-electron chi connectivity index (χ1n) is 8.64. The van der Waals surface area contributed by atoms with Crippen LogP contribution in [0.4, 0.5) is 0 Å². The van der Waals surface area contributed by atoms with Gasteiger partial charge in [-0.05, 0) is 49.1 Å². The molecule has 0 spiro atoms. The van der Waals surface area contributed by atoms with Gasteiger partial charge < -0.3 is 9.88 Å². The second-order valence-electron chi connectivity index (χ2n) is 7.05. The van der Waals surface area contributed by atoms with Crippen LogP contribution in [-0.4, -0.2) is 29.5 Å². The fraction of sp³-hybridized carbons (Fsp3) is 0.579. The minimum absolute atomic E-state index is 0.904. The lowest BCUT2D eigenvalue weighted by molar-refractivity contribution is 0.120. The molecule has 0 radical (unpaired) electrons. The smallest absolute Gasteiger partial charge is 0.0458 e. The maximum atomic E-state index is 3.70. The monoisotopic (exact) mass is 282 g/mol. The second kappa shape index (κ2) is 5.49. The van der Waals surface area contributed by atoms with Crippen LogP contribution in [0.15, 0.2) is 24.3 Å². The minimum atomic E-state index is 0.904. The quantitative estimate of drug-likeness (QED) is 0.837. The number of rotatable bonds is 1. The van der Waals surface area contributed by atoms with Gasteiger partial charge in [-0.15, -0.1) is 0 Å². The Balaban J connectivity index is 1.66. The number of aromatic amines is 1. The molecule has 1 saturated heterocycles. The summed E-state index contributed by atoms with van der Waals surface area (Å²) in [7, 11) is 0. The zero-order valence-corrected chi connectivity index (χ0v) is 13.1. The Labute approximate surface area is 127 Å². The standard InChI is InChI=1S/C19H26N2/c1-2-14-11-15-7-8-19-17(9-10-21(12-14)13-15)16-5-3-4-6-18(16)20-19/h3-6,14-15,20H,2,7-13H2,1H3/t14-,15-/m0/s1. The Morgan fingerprint density at radius 2 is 2.10 bits per heavy atom. The lowest BCUT2D eigenvalue weighted by Gasteiger charge is -2.37. The summed E-state index contributed by atoms with van der Waals surface area (Å²) in [4.78, 5) is 6.43. The van der Waals surface area contributed by atoms with E-state index in [-0.39, 0.29) is 0 Å². The molecule has 2 nitrogen and oxygen atoms in total. The zero-order valence-electron chi connectivity index (χ0n) is 13.1. The van der Waals surface area contributed by atoms with Crippen LogP contribution < -0.4 is 0 Å². The fourth-order valence-electron chi connectivity index (χ4n) is 4.49. The molecule has 0 aliphatic carbocycles. The summed E-state index contributed by atoms with van der Waals surface area (Å²) in [6.07, 6.45) is 6.60. The van der Waals surface area contributed by atoms with Crippen molar-refractivity contribution in [1.29, 1.82) is 0 Å². The summed E-state index contributed by atoms with van der Waals surface area (Å²) >= 11 is 0. The number of nitrogens with zero attached hydrogens (tertiary/aromatic N) is 1. The van der Waals surface area contributed by atoms with E-state index in [1.54, 1.807) is 5.56 Å². The normalized spacial score (nSPS) is 29.5. The van der Waals surface area contributed by atoms with Gasteiger partial charge in [0.2, 0.25) is 0 Å². The van der Waals surface area contributed by atoms with Crippen molar-refractivity contribution in [2.45, 2.75) is 39.0 Å². The van der Waals surface area contributed by atoms with E-state index < -0.39 is 0 Å². The number of aromatic nitrogens is 1. The molecule has 1 N–H and O–H groups in total. The number of para-hydroxylation sites is 1. The van der Waals surface area contributed by atoms with E-state index in [0.29, 0.717) is 0 Å². The molecule has 2 heteroatoms. The van der Waals surface area contributed by atoms with Crippen LogP contribution in [0, 0.1) is 11.8 Å².